The van der Waals surface area contributed by atoms with Gasteiger partial charge < -0.3 is 28.6 Å². The van der Waals surface area contributed by atoms with Crippen LogP contribution in [0.15, 0.2) is 65.1 Å². The molecule has 8 nitrogen and oxygen atoms in total. The van der Waals surface area contributed by atoms with Gasteiger partial charge in [0.1, 0.15) is 29.5 Å². The van der Waals surface area contributed by atoms with Crippen LogP contribution in [0.4, 0.5) is 4.39 Å². The van der Waals surface area contributed by atoms with E-state index in [4.69, 9.17) is 25.5 Å². The smallest absolute Gasteiger partial charge is 0.289 e. The molecule has 2 aromatic carbocycles. The predicted molar refractivity (Wildman–Crippen MR) is 144 cm³/mol. The van der Waals surface area contributed by atoms with E-state index in [1.54, 1.807) is 59.5 Å². The first-order valence-corrected chi connectivity index (χ1v) is 13.3. The Morgan fingerprint density at radius 3 is 2.56 bits per heavy atom. The fraction of sp³-hybridized carbons (Fsp3) is 0.379. The molecule has 0 radical (unpaired) electrons. The number of furan rings is 1. The second-order valence-corrected chi connectivity index (χ2v) is 10.4. The fourth-order valence-electron chi connectivity index (χ4n) is 4.89. The van der Waals surface area contributed by atoms with Gasteiger partial charge in [-0.1, -0.05) is 29.8 Å². The molecule has 206 valence electrons. The Morgan fingerprint density at radius 1 is 1.00 bits per heavy atom. The normalized spacial score (nSPS) is 20.2. The van der Waals surface area contributed by atoms with Crippen LogP contribution in [-0.2, 0) is 9.53 Å². The first-order valence-electron chi connectivity index (χ1n) is 12.9. The van der Waals surface area contributed by atoms with Gasteiger partial charge in [-0.05, 0) is 49.5 Å². The van der Waals surface area contributed by atoms with Crippen LogP contribution >= 0.6 is 11.6 Å². The SMILES string of the molecule is CN1CCN(C(=O)CC2(COc3cccc(Cl)c3)CN(C(=O)c3ccc(-c4ccccc4F)o3)CCO2)CC1. The second kappa shape index (κ2) is 11.8. The number of carbonyl (C=O) groups excluding carboxylic acids is 2. The first kappa shape index (κ1) is 27.2. The molecule has 0 saturated carbocycles. The van der Waals surface area contributed by atoms with Crippen LogP contribution in [0.1, 0.15) is 17.0 Å². The van der Waals surface area contributed by atoms with E-state index >= 15 is 0 Å². The standard InChI is InChI=1S/C29H31ClFN3O5/c1-32-11-13-33(14-12-32)27(35)18-29(20-37-22-6-4-5-21(30)17-22)19-34(15-16-38-29)28(36)26-10-9-25(39-26)23-7-2-3-8-24(23)31/h2-10,17H,11-16,18-20H2,1H3. The number of piperazine rings is 1. The summed E-state index contributed by atoms with van der Waals surface area (Å²) < 4.78 is 32.3. The lowest BCUT2D eigenvalue weighted by Crippen LogP contribution is -2.59. The van der Waals surface area contributed by atoms with Crippen LogP contribution in [0.5, 0.6) is 5.75 Å². The highest BCUT2D eigenvalue weighted by Crippen LogP contribution is 2.29. The second-order valence-electron chi connectivity index (χ2n) is 10.0. The number of ether oxygens (including phenoxy) is 2. The van der Waals surface area contributed by atoms with Gasteiger partial charge in [-0.3, -0.25) is 9.59 Å². The van der Waals surface area contributed by atoms with Gasteiger partial charge in [0.2, 0.25) is 5.91 Å². The van der Waals surface area contributed by atoms with E-state index in [-0.39, 0.29) is 55.1 Å². The summed E-state index contributed by atoms with van der Waals surface area (Å²) in [5.41, 5.74) is -0.793. The molecule has 2 amide bonds. The van der Waals surface area contributed by atoms with Crippen molar-refractivity contribution in [3.8, 4) is 17.1 Å². The number of amides is 2. The zero-order chi connectivity index (χ0) is 27.4. The summed E-state index contributed by atoms with van der Waals surface area (Å²) in [5.74, 6) is 0.0565. The highest BCUT2D eigenvalue weighted by molar-refractivity contribution is 6.30. The zero-order valence-electron chi connectivity index (χ0n) is 21.8. The third-order valence-electron chi connectivity index (χ3n) is 7.12. The molecule has 3 aromatic rings. The summed E-state index contributed by atoms with van der Waals surface area (Å²) in [6.45, 7) is 3.58. The molecule has 1 aromatic heterocycles. The number of benzene rings is 2. The Morgan fingerprint density at radius 2 is 1.79 bits per heavy atom. The van der Waals surface area contributed by atoms with Crippen molar-refractivity contribution in [3.63, 3.8) is 0 Å². The molecule has 2 aliphatic heterocycles. The molecular formula is C29H31ClFN3O5. The molecule has 3 heterocycles. The quantitative estimate of drug-likeness (QED) is 0.435. The van der Waals surface area contributed by atoms with E-state index in [1.807, 2.05) is 11.9 Å². The van der Waals surface area contributed by atoms with Crippen LogP contribution < -0.4 is 4.74 Å². The molecule has 39 heavy (non-hydrogen) atoms. The van der Waals surface area contributed by atoms with Crippen LogP contribution in [-0.4, -0.2) is 91.6 Å². The molecule has 1 atom stereocenters. The maximum absolute atomic E-state index is 14.3. The highest BCUT2D eigenvalue weighted by atomic mass is 35.5. The van der Waals surface area contributed by atoms with Gasteiger partial charge in [0.25, 0.3) is 5.91 Å². The molecule has 0 aliphatic carbocycles. The third-order valence-corrected chi connectivity index (χ3v) is 7.35. The summed E-state index contributed by atoms with van der Waals surface area (Å²) >= 11 is 6.12. The van der Waals surface area contributed by atoms with E-state index in [0.717, 1.165) is 13.1 Å². The van der Waals surface area contributed by atoms with Crippen LogP contribution in [0.25, 0.3) is 11.3 Å². The maximum Gasteiger partial charge on any atom is 0.289 e. The molecule has 1 unspecified atom stereocenters. The number of rotatable bonds is 7. The topological polar surface area (TPSA) is 75.5 Å². The van der Waals surface area contributed by atoms with Crippen LogP contribution in [0.2, 0.25) is 5.02 Å². The van der Waals surface area contributed by atoms with Crippen LogP contribution in [0, 0.1) is 5.82 Å². The number of hydrogen-bond acceptors (Lipinski definition) is 6. The monoisotopic (exact) mass is 555 g/mol. The molecule has 2 aliphatic rings. The van der Waals surface area contributed by atoms with E-state index in [0.29, 0.717) is 30.4 Å². The lowest BCUT2D eigenvalue weighted by molar-refractivity contribution is -0.154. The van der Waals surface area contributed by atoms with Crippen molar-refractivity contribution in [3.05, 3.63) is 77.3 Å². The van der Waals surface area contributed by atoms with E-state index in [1.165, 1.54) is 6.07 Å². The fourth-order valence-corrected chi connectivity index (χ4v) is 5.07. The van der Waals surface area contributed by atoms with Gasteiger partial charge in [0.05, 0.1) is 25.1 Å². The minimum absolute atomic E-state index is 0.0491. The Balaban J connectivity index is 1.35. The van der Waals surface area contributed by atoms with Gasteiger partial charge in [0.15, 0.2) is 5.76 Å². The molecule has 0 bridgehead atoms. The summed E-state index contributed by atoms with van der Waals surface area (Å²) in [4.78, 5) is 32.5. The van der Waals surface area contributed by atoms with Gasteiger partial charge in [0, 0.05) is 37.7 Å². The summed E-state index contributed by atoms with van der Waals surface area (Å²) in [5, 5.41) is 0.528. The predicted octanol–water partition coefficient (Wildman–Crippen LogP) is 4.19. The first-order chi connectivity index (χ1) is 18.8. The molecule has 5 rings (SSSR count). The lowest BCUT2D eigenvalue weighted by atomic mass is 9.96. The van der Waals surface area contributed by atoms with E-state index < -0.39 is 11.4 Å². The number of hydrogen-bond donors (Lipinski definition) is 0. The van der Waals surface area contributed by atoms with E-state index in [2.05, 4.69) is 4.90 Å². The van der Waals surface area contributed by atoms with Crippen LogP contribution in [0.3, 0.4) is 0 Å². The Bertz CT molecular complexity index is 1330. The van der Waals surface area contributed by atoms with Gasteiger partial charge in [-0.2, -0.15) is 0 Å². The maximum atomic E-state index is 14.3. The summed E-state index contributed by atoms with van der Waals surface area (Å²) in [6.07, 6.45) is 0.0552. The van der Waals surface area contributed by atoms with Gasteiger partial charge in [-0.15, -0.1) is 0 Å². The number of halogens is 2. The number of morpholine rings is 1. The van der Waals surface area contributed by atoms with Crippen molar-refractivity contribution < 1.29 is 27.9 Å². The highest BCUT2D eigenvalue weighted by Gasteiger charge is 2.43. The Hall–Kier alpha value is -3.40. The summed E-state index contributed by atoms with van der Waals surface area (Å²) in [7, 11) is 2.03. The number of likely N-dealkylation sites (N-methyl/N-ethyl adjacent to an activating group) is 1. The summed E-state index contributed by atoms with van der Waals surface area (Å²) in [6, 6.07) is 16.4. The van der Waals surface area contributed by atoms with Crippen molar-refractivity contribution in [2.24, 2.45) is 0 Å². The van der Waals surface area contributed by atoms with E-state index in [9.17, 15) is 14.0 Å². The zero-order valence-corrected chi connectivity index (χ0v) is 22.5. The van der Waals surface area contributed by atoms with Crippen molar-refractivity contribution in [2.45, 2.75) is 12.0 Å². The molecule has 10 heteroatoms. The Labute approximate surface area is 231 Å². The average molecular weight is 556 g/mol. The van der Waals surface area contributed by atoms with Crippen molar-refractivity contribution in [2.75, 3.05) is 59.5 Å². The van der Waals surface area contributed by atoms with Gasteiger partial charge >= 0.3 is 0 Å². The third kappa shape index (κ3) is 6.43. The van der Waals surface area contributed by atoms with Crippen molar-refractivity contribution in [1.29, 1.82) is 0 Å². The number of carbonyl (C=O) groups is 2. The number of nitrogens with zero attached hydrogens (tertiary/aromatic N) is 3. The average Bonchev–Trinajstić information content (AvgIpc) is 3.42. The van der Waals surface area contributed by atoms with Gasteiger partial charge in [-0.25, -0.2) is 4.39 Å². The minimum atomic E-state index is -1.07. The Kier molecular flexibility index (Phi) is 8.20. The molecule has 0 spiro atoms. The molecule has 0 N–H and O–H groups in total. The molecular weight excluding hydrogens is 525 g/mol. The minimum Gasteiger partial charge on any atom is -0.490 e. The lowest BCUT2D eigenvalue weighted by Gasteiger charge is -2.43. The van der Waals surface area contributed by atoms with Crippen molar-refractivity contribution >= 4 is 23.4 Å². The largest absolute Gasteiger partial charge is 0.490 e. The molecule has 2 fully saturated rings. The molecule has 2 saturated heterocycles. The van der Waals surface area contributed by atoms with Crippen molar-refractivity contribution in [1.82, 2.24) is 14.7 Å².